The Balaban J connectivity index is 1.19. The van der Waals surface area contributed by atoms with Crippen LogP contribution in [0.2, 0.25) is 0 Å². The van der Waals surface area contributed by atoms with Crippen molar-refractivity contribution >= 4 is 23.5 Å². The zero-order chi connectivity index (χ0) is 28.3. The Hall–Kier alpha value is -3.96. The van der Waals surface area contributed by atoms with Gasteiger partial charge in [0.25, 0.3) is 6.01 Å². The molecule has 0 atom stereocenters. The highest BCUT2D eigenvalue weighted by atomic mass is 19.4. The van der Waals surface area contributed by atoms with Crippen molar-refractivity contribution in [3.8, 4) is 0 Å². The number of Topliss-reactive ketones (excluding diaryl/α,β-unsaturated/α-hetero) is 1. The highest BCUT2D eigenvalue weighted by Gasteiger charge is 2.41. The predicted octanol–water partition coefficient (Wildman–Crippen LogP) is 4.53. The van der Waals surface area contributed by atoms with Gasteiger partial charge in [0.1, 0.15) is 11.6 Å². The monoisotopic (exact) mass is 559 g/mol. The lowest BCUT2D eigenvalue weighted by molar-refractivity contribution is -0.141. The first kappa shape index (κ1) is 27.6. The van der Waals surface area contributed by atoms with Gasteiger partial charge in [0.2, 0.25) is 17.5 Å². The Morgan fingerprint density at radius 1 is 0.875 bits per heavy atom. The fourth-order valence-electron chi connectivity index (χ4n) is 4.99. The number of halogens is 4. The van der Waals surface area contributed by atoms with Gasteiger partial charge in [-0.15, -0.1) is 0 Å². The van der Waals surface area contributed by atoms with Gasteiger partial charge in [-0.25, -0.2) is 9.37 Å². The van der Waals surface area contributed by atoms with Gasteiger partial charge in [0.05, 0.1) is 6.42 Å². The van der Waals surface area contributed by atoms with E-state index in [1.807, 2.05) is 4.90 Å². The Bertz CT molecular complexity index is 1340. The fourth-order valence-corrected chi connectivity index (χ4v) is 4.99. The molecule has 0 N–H and O–H groups in total. The van der Waals surface area contributed by atoms with Crippen molar-refractivity contribution in [3.63, 3.8) is 0 Å². The molecule has 3 aromatic rings. The number of anilines is 2. The van der Waals surface area contributed by atoms with Gasteiger partial charge in [-0.3, -0.25) is 9.59 Å². The molecule has 2 aliphatic heterocycles. The molecular weight excluding hydrogens is 530 g/mol. The number of carbonyl (C=O) groups excluding carboxylic acids is 2. The van der Waals surface area contributed by atoms with Crippen LogP contribution in [-0.4, -0.2) is 65.8 Å². The summed E-state index contributed by atoms with van der Waals surface area (Å²) in [6.07, 6.45) is -1.05. The second-order valence-electron chi connectivity index (χ2n) is 9.98. The quantitative estimate of drug-likeness (QED) is 0.311. The summed E-state index contributed by atoms with van der Waals surface area (Å²) in [5, 5.41) is 0. The van der Waals surface area contributed by atoms with Crippen molar-refractivity contribution in [3.05, 3.63) is 71.0 Å². The van der Waals surface area contributed by atoms with E-state index >= 15 is 0 Å². The van der Waals surface area contributed by atoms with Crippen LogP contribution in [0.5, 0.6) is 0 Å². The van der Waals surface area contributed by atoms with E-state index in [0.29, 0.717) is 56.2 Å². The van der Waals surface area contributed by atoms with Crippen LogP contribution in [0.1, 0.15) is 46.6 Å². The maximum atomic E-state index is 13.9. The Morgan fingerprint density at radius 3 is 2.25 bits per heavy atom. The van der Waals surface area contributed by atoms with Gasteiger partial charge in [-0.05, 0) is 42.5 Å². The highest BCUT2D eigenvalue weighted by molar-refractivity contribution is 5.96. The van der Waals surface area contributed by atoms with Crippen molar-refractivity contribution in [2.75, 3.05) is 49.1 Å². The molecule has 1 amide bonds. The fraction of sp³-hybridized carbons (Fsp3) is 0.429. The van der Waals surface area contributed by atoms with E-state index in [1.54, 1.807) is 40.1 Å². The third-order valence-electron chi connectivity index (χ3n) is 7.19. The van der Waals surface area contributed by atoms with Crippen molar-refractivity contribution in [2.45, 2.75) is 38.3 Å². The third kappa shape index (κ3) is 6.26. The van der Waals surface area contributed by atoms with Crippen LogP contribution in [0, 0.1) is 5.82 Å². The molecule has 40 heavy (non-hydrogen) atoms. The molecular formula is C28H29F4N5O3. The first-order valence-corrected chi connectivity index (χ1v) is 13.3. The van der Waals surface area contributed by atoms with E-state index in [9.17, 15) is 27.2 Å². The van der Waals surface area contributed by atoms with Crippen LogP contribution in [-0.2, 0) is 23.8 Å². The van der Waals surface area contributed by atoms with E-state index < -0.39 is 29.2 Å². The number of oxazole rings is 1. The van der Waals surface area contributed by atoms with Crippen LogP contribution in [0.3, 0.4) is 0 Å². The topological polar surface area (TPSA) is 82.8 Å². The number of carbonyl (C=O) groups is 2. The van der Waals surface area contributed by atoms with Crippen LogP contribution in [0.4, 0.5) is 29.4 Å². The zero-order valence-corrected chi connectivity index (χ0v) is 21.8. The van der Waals surface area contributed by atoms with Crippen LogP contribution in [0.25, 0.3) is 0 Å². The summed E-state index contributed by atoms with van der Waals surface area (Å²) in [5.74, 6) is -1.54. The lowest BCUT2D eigenvalue weighted by Crippen LogP contribution is -2.49. The zero-order valence-electron chi connectivity index (χ0n) is 21.8. The molecule has 0 saturated carbocycles. The van der Waals surface area contributed by atoms with E-state index in [0.717, 1.165) is 19.3 Å². The average molecular weight is 560 g/mol. The van der Waals surface area contributed by atoms with Gasteiger partial charge >= 0.3 is 6.18 Å². The lowest BCUT2D eigenvalue weighted by Gasteiger charge is -2.35. The standard InChI is InChI=1S/C28H29F4N5O3/c29-21-7-3-2-6-20(21)17-24(39)36-14-12-35(13-15-36)23-9-8-19(18-33-23)16-22(38)25-26(28(30,31)32)34-27(40-25)37-10-4-1-5-11-37/h2-3,6-9,18H,1,4-5,10-17H2. The first-order chi connectivity index (χ1) is 19.2. The minimum Gasteiger partial charge on any atom is -0.420 e. The number of piperidine rings is 1. The summed E-state index contributed by atoms with van der Waals surface area (Å²) >= 11 is 0. The van der Waals surface area contributed by atoms with Crippen LogP contribution in [0.15, 0.2) is 47.0 Å². The van der Waals surface area contributed by atoms with Gasteiger partial charge in [-0.1, -0.05) is 24.3 Å². The molecule has 2 aliphatic rings. The predicted molar refractivity (Wildman–Crippen MR) is 139 cm³/mol. The number of piperazine rings is 1. The smallest absolute Gasteiger partial charge is 0.420 e. The number of hydrogen-bond donors (Lipinski definition) is 0. The van der Waals surface area contributed by atoms with E-state index in [1.165, 1.54) is 12.3 Å². The van der Waals surface area contributed by atoms with Crippen molar-refractivity contribution < 1.29 is 31.6 Å². The summed E-state index contributed by atoms with van der Waals surface area (Å²) < 4.78 is 60.2. The summed E-state index contributed by atoms with van der Waals surface area (Å²) in [7, 11) is 0. The molecule has 2 saturated heterocycles. The summed E-state index contributed by atoms with van der Waals surface area (Å²) in [6, 6.07) is 9.37. The molecule has 0 unspecified atom stereocenters. The average Bonchev–Trinajstić information content (AvgIpc) is 3.42. The molecule has 212 valence electrons. The largest absolute Gasteiger partial charge is 0.437 e. The van der Waals surface area contributed by atoms with E-state index in [-0.39, 0.29) is 24.8 Å². The molecule has 2 fully saturated rings. The molecule has 1 aromatic carbocycles. The minimum absolute atomic E-state index is 0.00554. The number of hydrogen-bond acceptors (Lipinski definition) is 7. The van der Waals surface area contributed by atoms with Crippen molar-refractivity contribution in [2.24, 2.45) is 0 Å². The summed E-state index contributed by atoms with van der Waals surface area (Å²) in [4.78, 5) is 38.8. The van der Waals surface area contributed by atoms with Crippen molar-refractivity contribution in [1.29, 1.82) is 0 Å². The highest BCUT2D eigenvalue weighted by Crippen LogP contribution is 2.35. The summed E-state index contributed by atoms with van der Waals surface area (Å²) in [6.45, 7) is 2.98. The Labute approximate surface area is 228 Å². The van der Waals surface area contributed by atoms with Gasteiger partial charge in [-0.2, -0.15) is 18.2 Å². The van der Waals surface area contributed by atoms with Gasteiger partial charge in [0.15, 0.2) is 5.69 Å². The van der Waals surface area contributed by atoms with E-state index in [4.69, 9.17) is 4.42 Å². The van der Waals surface area contributed by atoms with Gasteiger partial charge in [0, 0.05) is 51.9 Å². The molecule has 4 heterocycles. The molecule has 12 heteroatoms. The minimum atomic E-state index is -4.82. The molecule has 0 spiro atoms. The Kier molecular flexibility index (Phi) is 8.04. The maximum absolute atomic E-state index is 13.9. The normalized spacial score (nSPS) is 16.4. The Morgan fingerprint density at radius 2 is 1.60 bits per heavy atom. The number of ketones is 1. The number of alkyl halides is 3. The van der Waals surface area contributed by atoms with E-state index in [2.05, 4.69) is 9.97 Å². The SMILES string of the molecule is O=C(Cc1ccc(N2CCN(C(=O)Cc3ccccc3F)CC2)nc1)c1oc(N2CCCCC2)nc1C(F)(F)F. The molecule has 0 aliphatic carbocycles. The second-order valence-corrected chi connectivity index (χ2v) is 9.98. The third-order valence-corrected chi connectivity index (χ3v) is 7.19. The second kappa shape index (κ2) is 11.6. The number of aromatic nitrogens is 2. The van der Waals surface area contributed by atoms with Gasteiger partial charge < -0.3 is 19.1 Å². The molecule has 5 rings (SSSR count). The molecule has 2 aromatic heterocycles. The molecule has 0 bridgehead atoms. The van der Waals surface area contributed by atoms with Crippen molar-refractivity contribution in [1.82, 2.24) is 14.9 Å². The number of benzene rings is 1. The van der Waals surface area contributed by atoms with Crippen LogP contribution >= 0.6 is 0 Å². The summed E-state index contributed by atoms with van der Waals surface area (Å²) in [5.41, 5.74) is -0.501. The number of rotatable bonds is 7. The molecule has 8 nitrogen and oxygen atoms in total. The molecule has 0 radical (unpaired) electrons. The number of nitrogens with zero attached hydrogens (tertiary/aromatic N) is 5. The number of amides is 1. The first-order valence-electron chi connectivity index (χ1n) is 13.3. The lowest BCUT2D eigenvalue weighted by atomic mass is 10.1. The number of pyridine rings is 1. The van der Waals surface area contributed by atoms with Crippen LogP contribution < -0.4 is 9.80 Å². The maximum Gasteiger partial charge on any atom is 0.437 e.